The fourth-order valence-electron chi connectivity index (χ4n) is 3.46. The van der Waals surface area contributed by atoms with Crippen LogP contribution in [0.3, 0.4) is 0 Å². The third kappa shape index (κ3) is 25.1. The predicted octanol–water partition coefficient (Wildman–Crippen LogP) is 7.11. The van der Waals surface area contributed by atoms with Gasteiger partial charge in [0.2, 0.25) is 12.6 Å². The van der Waals surface area contributed by atoms with E-state index in [9.17, 15) is 9.59 Å². The highest BCUT2D eigenvalue weighted by Gasteiger charge is 2.16. The molecule has 0 radical (unpaired) electrons. The van der Waals surface area contributed by atoms with Crippen LogP contribution in [0.15, 0.2) is 0 Å². The number of carbonyl (C=O) groups is 2. The van der Waals surface area contributed by atoms with Crippen LogP contribution in [0.1, 0.15) is 130 Å². The van der Waals surface area contributed by atoms with E-state index in [1.54, 1.807) is 0 Å². The quantitative estimate of drug-likeness (QED) is 0.0557. The van der Waals surface area contributed by atoms with Crippen molar-refractivity contribution in [2.45, 2.75) is 143 Å². The van der Waals surface area contributed by atoms with Gasteiger partial charge in [-0.2, -0.15) is 0 Å². The molecule has 0 rings (SSSR count). The number of esters is 2. The normalized spacial score (nSPS) is 12.8. The molecular formula is C30H58O8. The van der Waals surface area contributed by atoms with E-state index in [2.05, 4.69) is 27.7 Å². The van der Waals surface area contributed by atoms with Crippen molar-refractivity contribution in [3.8, 4) is 0 Å². The number of ether oxygens (including phenoxy) is 6. The molecular weight excluding hydrogens is 488 g/mol. The molecule has 8 nitrogen and oxygen atoms in total. The number of unbranched alkanes of at least 4 members (excludes halogenated alkanes) is 9. The number of hydrogen-bond acceptors (Lipinski definition) is 8. The van der Waals surface area contributed by atoms with Crippen molar-refractivity contribution in [1.29, 1.82) is 0 Å². The first-order valence-electron chi connectivity index (χ1n) is 15.3. The topological polar surface area (TPSA) is 89.5 Å². The first-order valence-corrected chi connectivity index (χ1v) is 15.3. The molecule has 0 fully saturated rings. The van der Waals surface area contributed by atoms with Crippen LogP contribution in [0.4, 0.5) is 0 Å². The average Bonchev–Trinajstić information content (AvgIpc) is 2.90. The van der Waals surface area contributed by atoms with E-state index in [4.69, 9.17) is 28.4 Å². The zero-order valence-corrected chi connectivity index (χ0v) is 25.0. The zero-order valence-electron chi connectivity index (χ0n) is 25.0. The van der Waals surface area contributed by atoms with Crippen molar-refractivity contribution in [2.75, 3.05) is 39.6 Å². The molecule has 0 heterocycles. The summed E-state index contributed by atoms with van der Waals surface area (Å²) in [6.07, 6.45) is 13.1. The maximum atomic E-state index is 12.2. The first kappa shape index (κ1) is 36.8. The van der Waals surface area contributed by atoms with Gasteiger partial charge in [-0.1, -0.05) is 79.1 Å². The molecule has 0 saturated carbocycles. The molecule has 0 bridgehead atoms. The van der Waals surface area contributed by atoms with Crippen molar-refractivity contribution in [1.82, 2.24) is 0 Å². The smallest absolute Gasteiger partial charge is 0.308 e. The summed E-state index contributed by atoms with van der Waals surface area (Å²) in [4.78, 5) is 24.5. The Morgan fingerprint density at radius 1 is 0.474 bits per heavy atom. The van der Waals surface area contributed by atoms with Crippen molar-refractivity contribution in [3.05, 3.63) is 0 Å². The summed E-state index contributed by atoms with van der Waals surface area (Å²) in [5.41, 5.74) is 0. The van der Waals surface area contributed by atoms with Gasteiger partial charge in [0.1, 0.15) is 13.2 Å². The minimum absolute atomic E-state index is 0.234. The Kier molecular flexibility index (Phi) is 27.9. The third-order valence-electron chi connectivity index (χ3n) is 5.93. The van der Waals surface area contributed by atoms with Crippen molar-refractivity contribution in [3.63, 3.8) is 0 Å². The Hall–Kier alpha value is -1.22. The summed E-state index contributed by atoms with van der Waals surface area (Å²) in [7, 11) is 0. The van der Waals surface area contributed by atoms with Crippen LogP contribution in [-0.2, 0) is 38.0 Å². The molecule has 0 aliphatic rings. The summed E-state index contributed by atoms with van der Waals surface area (Å²) in [6, 6.07) is 0. The second-order valence-electron chi connectivity index (χ2n) is 9.77. The predicted molar refractivity (Wildman–Crippen MR) is 150 cm³/mol. The molecule has 0 aliphatic carbocycles. The van der Waals surface area contributed by atoms with Gasteiger partial charge in [0, 0.05) is 26.1 Å². The third-order valence-corrected chi connectivity index (χ3v) is 5.93. The van der Waals surface area contributed by atoms with E-state index in [1.165, 1.54) is 0 Å². The van der Waals surface area contributed by atoms with Gasteiger partial charge in [0.25, 0.3) is 0 Å². The van der Waals surface area contributed by atoms with Crippen molar-refractivity contribution < 1.29 is 38.0 Å². The molecule has 0 amide bonds. The van der Waals surface area contributed by atoms with Crippen LogP contribution in [0.2, 0.25) is 0 Å². The highest BCUT2D eigenvalue weighted by Crippen LogP contribution is 2.12. The molecule has 0 aliphatic heterocycles. The lowest BCUT2D eigenvalue weighted by molar-refractivity contribution is -0.192. The monoisotopic (exact) mass is 546 g/mol. The largest absolute Gasteiger partial charge is 0.433 e. The summed E-state index contributed by atoms with van der Waals surface area (Å²) >= 11 is 0. The van der Waals surface area contributed by atoms with E-state index < -0.39 is 12.6 Å². The van der Waals surface area contributed by atoms with Crippen LogP contribution in [0.5, 0.6) is 0 Å². The summed E-state index contributed by atoms with van der Waals surface area (Å²) in [5, 5.41) is 0. The lowest BCUT2D eigenvalue weighted by atomic mass is 10.1. The maximum absolute atomic E-state index is 12.2. The molecule has 0 spiro atoms. The van der Waals surface area contributed by atoms with E-state index >= 15 is 0 Å². The van der Waals surface area contributed by atoms with Crippen LogP contribution in [0, 0.1) is 0 Å². The van der Waals surface area contributed by atoms with E-state index in [1.807, 2.05) is 0 Å². The number of rotatable bonds is 29. The highest BCUT2D eigenvalue weighted by atomic mass is 16.7. The summed E-state index contributed by atoms with van der Waals surface area (Å²) < 4.78 is 33.5. The molecule has 2 atom stereocenters. The molecule has 8 heteroatoms. The lowest BCUT2D eigenvalue weighted by Gasteiger charge is -2.18. The molecule has 0 aromatic rings. The Morgan fingerprint density at radius 3 is 1.18 bits per heavy atom. The Morgan fingerprint density at radius 2 is 0.816 bits per heavy atom. The van der Waals surface area contributed by atoms with Gasteiger partial charge in [-0.05, 0) is 38.5 Å². The second kappa shape index (κ2) is 28.8. The fraction of sp³-hybridized carbons (Fsp3) is 0.933. The fourth-order valence-corrected chi connectivity index (χ4v) is 3.46. The Bertz CT molecular complexity index is 482. The Balaban J connectivity index is 3.97. The van der Waals surface area contributed by atoms with Crippen LogP contribution in [-0.4, -0.2) is 64.2 Å². The Labute approximate surface area is 232 Å². The van der Waals surface area contributed by atoms with Crippen molar-refractivity contribution in [2.24, 2.45) is 0 Å². The first-order chi connectivity index (χ1) is 18.6. The summed E-state index contributed by atoms with van der Waals surface area (Å²) in [6.45, 7) is 11.4. The molecule has 2 unspecified atom stereocenters. The molecule has 226 valence electrons. The minimum Gasteiger partial charge on any atom is -0.433 e. The van der Waals surface area contributed by atoms with Gasteiger partial charge in [0.15, 0.2) is 0 Å². The number of hydrogen-bond donors (Lipinski definition) is 0. The zero-order chi connectivity index (χ0) is 28.1. The number of carbonyl (C=O) groups excluding carboxylic acids is 2. The van der Waals surface area contributed by atoms with Gasteiger partial charge >= 0.3 is 11.9 Å². The van der Waals surface area contributed by atoms with Gasteiger partial charge in [-0.15, -0.1) is 0 Å². The minimum atomic E-state index is -0.620. The van der Waals surface area contributed by atoms with Crippen LogP contribution < -0.4 is 0 Å². The lowest BCUT2D eigenvalue weighted by Crippen LogP contribution is -2.27. The molecule has 0 N–H and O–H groups in total. The standard InChI is InChI=1S/C30H58O8/c1-5-9-21-33-25-29(35-23-11-7-3)37-27(31)19-17-15-13-14-16-18-20-28(32)38-30(36-24-12-8-4)26-34-22-10-6-2/h29-30H,5-26H2,1-4H3. The molecule has 38 heavy (non-hydrogen) atoms. The highest BCUT2D eigenvalue weighted by molar-refractivity contribution is 5.69. The van der Waals surface area contributed by atoms with E-state index in [-0.39, 0.29) is 25.2 Å². The van der Waals surface area contributed by atoms with Gasteiger partial charge in [-0.3, -0.25) is 9.59 Å². The molecule has 0 aromatic carbocycles. The van der Waals surface area contributed by atoms with Crippen LogP contribution in [0.25, 0.3) is 0 Å². The summed E-state index contributed by atoms with van der Waals surface area (Å²) in [5.74, 6) is -0.467. The van der Waals surface area contributed by atoms with Gasteiger partial charge < -0.3 is 28.4 Å². The second-order valence-corrected chi connectivity index (χ2v) is 9.77. The van der Waals surface area contributed by atoms with Gasteiger partial charge in [-0.25, -0.2) is 0 Å². The van der Waals surface area contributed by atoms with E-state index in [0.717, 1.165) is 89.9 Å². The average molecular weight is 547 g/mol. The van der Waals surface area contributed by atoms with Crippen LogP contribution >= 0.6 is 0 Å². The SMILES string of the molecule is CCCCOCC(OCCCC)OC(=O)CCCCCCCCC(=O)OC(COCCCC)OCCCC. The van der Waals surface area contributed by atoms with Gasteiger partial charge in [0.05, 0.1) is 13.2 Å². The molecule has 0 saturated heterocycles. The molecule has 0 aromatic heterocycles. The van der Waals surface area contributed by atoms with Crippen molar-refractivity contribution >= 4 is 11.9 Å². The maximum Gasteiger partial charge on any atom is 0.308 e. The van der Waals surface area contributed by atoms with E-state index in [0.29, 0.717) is 39.3 Å².